The van der Waals surface area contributed by atoms with Crippen molar-refractivity contribution in [2.45, 2.75) is 56.5 Å². The third-order valence-electron chi connectivity index (χ3n) is 7.08. The lowest BCUT2D eigenvalue weighted by Crippen LogP contribution is -2.39. The second kappa shape index (κ2) is 12.8. The number of allylic oxidation sites excluding steroid dienone is 4. The summed E-state index contributed by atoms with van der Waals surface area (Å²) in [6.07, 6.45) is 3.15. The molecule has 1 fully saturated rings. The Balaban J connectivity index is 1.47. The van der Waals surface area contributed by atoms with Gasteiger partial charge in [-0.25, -0.2) is 0 Å². The van der Waals surface area contributed by atoms with E-state index in [1.54, 1.807) is 0 Å². The third-order valence-corrected chi connectivity index (χ3v) is 7.50. The van der Waals surface area contributed by atoms with Crippen molar-refractivity contribution in [2.75, 3.05) is 6.61 Å². The average Bonchev–Trinajstić information content (AvgIpc) is 3.12. The number of alkyl halides is 3. The highest BCUT2D eigenvalue weighted by molar-refractivity contribution is 6.31. The lowest BCUT2D eigenvalue weighted by atomic mass is 9.74. The highest BCUT2D eigenvalue weighted by Crippen LogP contribution is 2.39. The number of benzene rings is 2. The van der Waals surface area contributed by atoms with E-state index in [0.717, 1.165) is 48.4 Å². The van der Waals surface area contributed by atoms with Gasteiger partial charge in [0.15, 0.2) is 0 Å². The molecule has 2 aliphatic rings. The Morgan fingerprint density at radius 2 is 1.84 bits per heavy atom. The molecular weight excluding hydrogens is 515 g/mol. The molecule has 0 spiro atoms. The zero-order chi connectivity index (χ0) is 27.1. The third kappa shape index (κ3) is 6.95. The maximum absolute atomic E-state index is 13.3. The van der Waals surface area contributed by atoms with E-state index in [1.165, 1.54) is 18.2 Å². The summed E-state index contributed by atoms with van der Waals surface area (Å²) in [5.74, 6) is -0.353. The second-order valence-electron chi connectivity index (χ2n) is 9.63. The minimum atomic E-state index is -4.58. The van der Waals surface area contributed by atoms with Crippen molar-refractivity contribution < 1.29 is 27.8 Å². The van der Waals surface area contributed by atoms with Crippen LogP contribution in [-0.2, 0) is 16.1 Å². The first-order valence-electron chi connectivity index (χ1n) is 12.8. The second-order valence-corrected chi connectivity index (χ2v) is 10.0. The number of halogens is 4. The first kappa shape index (κ1) is 28.1. The summed E-state index contributed by atoms with van der Waals surface area (Å²) >= 11 is 6.08. The van der Waals surface area contributed by atoms with Crippen LogP contribution in [0, 0.1) is 5.92 Å². The molecule has 3 unspecified atom stereocenters. The van der Waals surface area contributed by atoms with Crippen LogP contribution in [0.3, 0.4) is 0 Å². The molecule has 1 amide bonds. The molecule has 0 aromatic heterocycles. The molecular formula is C30H31ClF3NO3. The van der Waals surface area contributed by atoms with Gasteiger partial charge in [-0.2, -0.15) is 13.2 Å². The van der Waals surface area contributed by atoms with Gasteiger partial charge in [-0.15, -0.1) is 0 Å². The molecule has 2 aliphatic carbocycles. The van der Waals surface area contributed by atoms with Gasteiger partial charge in [0.2, 0.25) is 5.91 Å². The summed E-state index contributed by atoms with van der Waals surface area (Å²) in [7, 11) is 0. The molecule has 0 aliphatic heterocycles. The smallest absolute Gasteiger partial charge is 0.394 e. The molecule has 4 rings (SSSR count). The molecule has 2 aromatic carbocycles. The van der Waals surface area contributed by atoms with E-state index in [0.29, 0.717) is 0 Å². The van der Waals surface area contributed by atoms with Crippen LogP contribution in [0.1, 0.15) is 54.3 Å². The Hall–Kier alpha value is -2.87. The molecule has 38 heavy (non-hydrogen) atoms. The van der Waals surface area contributed by atoms with Crippen molar-refractivity contribution in [3.05, 3.63) is 106 Å². The van der Waals surface area contributed by atoms with Gasteiger partial charge in [0.25, 0.3) is 0 Å². The Bertz CT molecular complexity index is 1190. The largest absolute Gasteiger partial charge is 0.417 e. The minimum Gasteiger partial charge on any atom is -0.394 e. The van der Waals surface area contributed by atoms with E-state index in [-0.39, 0.29) is 31.0 Å². The van der Waals surface area contributed by atoms with E-state index in [9.17, 15) is 23.1 Å². The summed E-state index contributed by atoms with van der Waals surface area (Å²) in [5, 5.41) is 12.5. The molecule has 4 nitrogen and oxygen atoms in total. The van der Waals surface area contributed by atoms with Crippen molar-refractivity contribution in [1.29, 1.82) is 0 Å². The van der Waals surface area contributed by atoms with Crippen molar-refractivity contribution in [3.8, 4) is 0 Å². The summed E-state index contributed by atoms with van der Waals surface area (Å²) in [6, 6.07) is 16.6. The van der Waals surface area contributed by atoms with Crippen LogP contribution in [-0.4, -0.2) is 29.9 Å². The number of aliphatic hydroxyl groups is 1. The number of carbonyl (C=O) groups is 1. The van der Waals surface area contributed by atoms with Gasteiger partial charge < -0.3 is 15.2 Å². The highest BCUT2D eigenvalue weighted by Gasteiger charge is 2.37. The first-order chi connectivity index (χ1) is 18.3. The topological polar surface area (TPSA) is 58.6 Å². The number of nitrogens with one attached hydrogen (secondary N) is 1. The lowest BCUT2D eigenvalue weighted by molar-refractivity contribution is -0.127. The van der Waals surface area contributed by atoms with Crippen LogP contribution in [0.2, 0.25) is 0 Å². The molecule has 0 bridgehead atoms. The summed E-state index contributed by atoms with van der Waals surface area (Å²) in [5.41, 5.74) is 1.70. The zero-order valence-electron chi connectivity index (χ0n) is 20.8. The van der Waals surface area contributed by atoms with Crippen molar-refractivity contribution in [2.24, 2.45) is 5.92 Å². The van der Waals surface area contributed by atoms with Crippen LogP contribution < -0.4 is 5.32 Å². The van der Waals surface area contributed by atoms with Gasteiger partial charge in [-0.1, -0.05) is 97.3 Å². The van der Waals surface area contributed by atoms with Crippen molar-refractivity contribution in [3.63, 3.8) is 0 Å². The predicted molar refractivity (Wildman–Crippen MR) is 141 cm³/mol. The minimum absolute atomic E-state index is 0.0129. The quantitative estimate of drug-likeness (QED) is 0.380. The molecule has 0 heterocycles. The van der Waals surface area contributed by atoms with E-state index < -0.39 is 28.9 Å². The Kier molecular flexibility index (Phi) is 9.47. The maximum atomic E-state index is 13.3. The predicted octanol–water partition coefficient (Wildman–Crippen LogP) is 6.88. The number of rotatable bonds is 8. The van der Waals surface area contributed by atoms with Gasteiger partial charge in [0.1, 0.15) is 6.10 Å². The summed E-state index contributed by atoms with van der Waals surface area (Å²) in [6.45, 7) is -0.132. The molecule has 8 heteroatoms. The lowest BCUT2D eigenvalue weighted by Gasteiger charge is -2.32. The van der Waals surface area contributed by atoms with Crippen LogP contribution in [0.4, 0.5) is 13.2 Å². The number of carbonyl (C=O) groups excluding carboxylic acids is 1. The highest BCUT2D eigenvalue weighted by atomic mass is 35.5. The SMILES string of the molecule is O=C(N[C@@H](CO)c1ccccc1)C1CCCCC1c1cccc(COC2C=CC=CC(C(F)(F)F)=C2Cl)c1. The number of hydrogen-bond acceptors (Lipinski definition) is 3. The summed E-state index contributed by atoms with van der Waals surface area (Å²) in [4.78, 5) is 13.3. The average molecular weight is 546 g/mol. The molecule has 1 saturated carbocycles. The van der Waals surface area contributed by atoms with Gasteiger partial charge in [0, 0.05) is 5.92 Å². The monoisotopic (exact) mass is 545 g/mol. The molecule has 202 valence electrons. The number of aliphatic hydroxyl groups excluding tert-OH is 1. The van der Waals surface area contributed by atoms with Crippen molar-refractivity contribution in [1.82, 2.24) is 5.32 Å². The van der Waals surface area contributed by atoms with Crippen LogP contribution in [0.25, 0.3) is 0 Å². The maximum Gasteiger partial charge on any atom is 0.417 e. The van der Waals surface area contributed by atoms with Gasteiger partial charge in [-0.05, 0) is 41.5 Å². The standard InChI is InChI=1S/C30H31ClF3NO3/c31-28-25(30(32,33)34)15-6-7-16-27(28)38-19-20-9-8-12-22(17-20)23-13-4-5-14-24(23)29(37)35-26(18-36)21-10-2-1-3-11-21/h1-3,6-12,15-17,23-24,26-27,36H,4-5,13-14,18-19H2,(H,35,37)/t23?,24?,26-,27?/m0/s1. The molecule has 2 aromatic rings. The van der Waals surface area contributed by atoms with Gasteiger partial charge in [0.05, 0.1) is 29.9 Å². The van der Waals surface area contributed by atoms with Crippen LogP contribution in [0.5, 0.6) is 0 Å². The Morgan fingerprint density at radius 3 is 2.58 bits per heavy atom. The fourth-order valence-electron chi connectivity index (χ4n) is 5.13. The fourth-order valence-corrected chi connectivity index (χ4v) is 5.44. The number of ether oxygens (including phenoxy) is 1. The number of hydrogen-bond donors (Lipinski definition) is 2. The van der Waals surface area contributed by atoms with Crippen LogP contribution in [0.15, 0.2) is 89.5 Å². The molecule has 2 N–H and O–H groups in total. The van der Waals surface area contributed by atoms with E-state index in [1.807, 2.05) is 54.6 Å². The Labute approximate surface area is 225 Å². The molecule has 0 saturated heterocycles. The normalized spacial score (nSPS) is 22.7. The zero-order valence-corrected chi connectivity index (χ0v) is 21.6. The number of amides is 1. The van der Waals surface area contributed by atoms with Gasteiger partial charge >= 0.3 is 6.18 Å². The summed E-state index contributed by atoms with van der Waals surface area (Å²) < 4.78 is 45.8. The van der Waals surface area contributed by atoms with Gasteiger partial charge in [-0.3, -0.25) is 4.79 Å². The van der Waals surface area contributed by atoms with Crippen molar-refractivity contribution >= 4 is 17.5 Å². The Morgan fingerprint density at radius 1 is 1.08 bits per heavy atom. The van der Waals surface area contributed by atoms with Crippen LogP contribution >= 0.6 is 11.6 Å². The molecule has 0 radical (unpaired) electrons. The fraction of sp³-hybridized carbons (Fsp3) is 0.367. The molecule has 4 atom stereocenters. The first-order valence-corrected chi connectivity index (χ1v) is 13.1. The van der Waals surface area contributed by atoms with E-state index >= 15 is 0 Å². The van der Waals surface area contributed by atoms with E-state index in [4.69, 9.17) is 16.3 Å². The van der Waals surface area contributed by atoms with E-state index in [2.05, 4.69) is 5.32 Å².